The van der Waals surface area contributed by atoms with Crippen LogP contribution in [-0.4, -0.2) is 12.7 Å². The predicted molar refractivity (Wildman–Crippen MR) is 50.0 cm³/mol. The predicted octanol–water partition coefficient (Wildman–Crippen LogP) is 2.61. The van der Waals surface area contributed by atoms with Crippen LogP contribution in [0.3, 0.4) is 0 Å². The molecule has 0 bridgehead atoms. The van der Waals surface area contributed by atoms with Gasteiger partial charge in [-0.2, -0.15) is 0 Å². The highest BCUT2D eigenvalue weighted by molar-refractivity contribution is 5.46. The molecular formula is C11H14O. The lowest BCUT2D eigenvalue weighted by Crippen LogP contribution is -2.10. The number of hydrogen-bond donors (Lipinski definition) is 0. The first-order valence-electron chi connectivity index (χ1n) is 4.61. The summed E-state index contributed by atoms with van der Waals surface area (Å²) in [5.41, 5.74) is 2.85. The van der Waals surface area contributed by atoms with E-state index in [2.05, 4.69) is 24.3 Å². The first-order valence-corrected chi connectivity index (χ1v) is 4.61. The zero-order valence-corrected chi connectivity index (χ0v) is 7.42. The Morgan fingerprint density at radius 1 is 1.50 bits per heavy atom. The molecule has 2 aliphatic carbocycles. The van der Waals surface area contributed by atoms with Crippen molar-refractivity contribution in [1.29, 1.82) is 0 Å². The maximum Gasteiger partial charge on any atom is 0.101 e. The van der Waals surface area contributed by atoms with Crippen LogP contribution in [-0.2, 0) is 4.74 Å². The SMILES string of the molecule is CCO[C@H]1C=CC2=C1C=CCC2. The number of hydrogen-bond acceptors (Lipinski definition) is 1. The molecule has 0 aromatic heterocycles. The first-order chi connectivity index (χ1) is 5.92. The summed E-state index contributed by atoms with van der Waals surface area (Å²) >= 11 is 0. The highest BCUT2D eigenvalue weighted by atomic mass is 16.5. The fraction of sp³-hybridized carbons (Fsp3) is 0.455. The smallest absolute Gasteiger partial charge is 0.101 e. The average Bonchev–Trinajstić information content (AvgIpc) is 2.50. The molecule has 0 unspecified atom stereocenters. The third kappa shape index (κ3) is 1.25. The van der Waals surface area contributed by atoms with Crippen LogP contribution in [0.5, 0.6) is 0 Å². The molecule has 1 heteroatoms. The summed E-state index contributed by atoms with van der Waals surface area (Å²) in [6, 6.07) is 0. The maximum atomic E-state index is 5.58. The molecule has 0 amide bonds. The number of rotatable bonds is 2. The zero-order valence-electron chi connectivity index (χ0n) is 7.42. The molecule has 0 spiro atoms. The molecule has 2 aliphatic rings. The minimum absolute atomic E-state index is 0.238. The summed E-state index contributed by atoms with van der Waals surface area (Å²) in [6.45, 7) is 2.83. The molecule has 0 saturated heterocycles. The van der Waals surface area contributed by atoms with Crippen molar-refractivity contribution in [3.8, 4) is 0 Å². The van der Waals surface area contributed by atoms with E-state index < -0.39 is 0 Å². The van der Waals surface area contributed by atoms with Gasteiger partial charge in [-0.15, -0.1) is 0 Å². The van der Waals surface area contributed by atoms with Gasteiger partial charge < -0.3 is 4.74 Å². The average molecular weight is 162 g/mol. The van der Waals surface area contributed by atoms with E-state index in [1.165, 1.54) is 24.0 Å². The molecular weight excluding hydrogens is 148 g/mol. The fourth-order valence-corrected chi connectivity index (χ4v) is 1.79. The molecule has 1 atom stereocenters. The lowest BCUT2D eigenvalue weighted by Gasteiger charge is -2.14. The molecule has 0 aromatic rings. The van der Waals surface area contributed by atoms with Crippen LogP contribution in [0.4, 0.5) is 0 Å². The number of allylic oxidation sites excluding steroid dienone is 3. The summed E-state index contributed by atoms with van der Waals surface area (Å²) in [5.74, 6) is 0. The summed E-state index contributed by atoms with van der Waals surface area (Å²) < 4.78 is 5.58. The third-order valence-electron chi connectivity index (χ3n) is 2.37. The molecule has 64 valence electrons. The lowest BCUT2D eigenvalue weighted by molar-refractivity contribution is 0.124. The van der Waals surface area contributed by atoms with Gasteiger partial charge in [-0.05, 0) is 30.9 Å². The number of ether oxygens (including phenoxy) is 1. The van der Waals surface area contributed by atoms with Gasteiger partial charge in [-0.25, -0.2) is 0 Å². The standard InChI is InChI=1S/C11H14O/c1-2-12-11-8-7-9-5-3-4-6-10(9)11/h4,6-8,11H,2-3,5H2,1H3/t11-/m0/s1. The molecule has 2 rings (SSSR count). The van der Waals surface area contributed by atoms with Crippen molar-refractivity contribution in [1.82, 2.24) is 0 Å². The third-order valence-corrected chi connectivity index (χ3v) is 2.37. The van der Waals surface area contributed by atoms with Crippen LogP contribution in [0.1, 0.15) is 19.8 Å². The maximum absolute atomic E-state index is 5.58. The topological polar surface area (TPSA) is 9.23 Å². The zero-order chi connectivity index (χ0) is 8.39. The van der Waals surface area contributed by atoms with E-state index in [0.29, 0.717) is 0 Å². The van der Waals surface area contributed by atoms with Gasteiger partial charge in [0.25, 0.3) is 0 Å². The minimum atomic E-state index is 0.238. The van der Waals surface area contributed by atoms with Crippen molar-refractivity contribution in [3.05, 3.63) is 35.5 Å². The largest absolute Gasteiger partial charge is 0.370 e. The van der Waals surface area contributed by atoms with Gasteiger partial charge in [-0.1, -0.05) is 24.3 Å². The van der Waals surface area contributed by atoms with Crippen molar-refractivity contribution in [2.45, 2.75) is 25.9 Å². The van der Waals surface area contributed by atoms with Gasteiger partial charge in [0.1, 0.15) is 6.10 Å². The van der Waals surface area contributed by atoms with E-state index in [-0.39, 0.29) is 6.10 Å². The Balaban J connectivity index is 2.16. The second-order valence-corrected chi connectivity index (χ2v) is 3.16. The summed E-state index contributed by atoms with van der Waals surface area (Å²) in [4.78, 5) is 0. The molecule has 1 nitrogen and oxygen atoms in total. The Labute approximate surface area is 73.4 Å². The first kappa shape index (κ1) is 7.81. The van der Waals surface area contributed by atoms with E-state index in [1.807, 2.05) is 6.92 Å². The summed E-state index contributed by atoms with van der Waals surface area (Å²) in [7, 11) is 0. The van der Waals surface area contributed by atoms with Gasteiger partial charge >= 0.3 is 0 Å². The Hall–Kier alpha value is -0.820. The second kappa shape index (κ2) is 3.28. The Morgan fingerprint density at radius 3 is 3.25 bits per heavy atom. The van der Waals surface area contributed by atoms with Crippen molar-refractivity contribution in [2.24, 2.45) is 0 Å². The van der Waals surface area contributed by atoms with E-state index in [0.717, 1.165) is 6.61 Å². The fourth-order valence-electron chi connectivity index (χ4n) is 1.79. The van der Waals surface area contributed by atoms with Gasteiger partial charge in [0, 0.05) is 6.61 Å². The normalized spacial score (nSPS) is 26.6. The Morgan fingerprint density at radius 2 is 2.42 bits per heavy atom. The van der Waals surface area contributed by atoms with Crippen LogP contribution in [0.15, 0.2) is 35.5 Å². The van der Waals surface area contributed by atoms with Crippen LogP contribution in [0.25, 0.3) is 0 Å². The molecule has 0 fully saturated rings. The van der Waals surface area contributed by atoms with Gasteiger partial charge in [0.2, 0.25) is 0 Å². The Bertz CT molecular complexity index is 258. The van der Waals surface area contributed by atoms with E-state index in [1.54, 1.807) is 0 Å². The molecule has 12 heavy (non-hydrogen) atoms. The van der Waals surface area contributed by atoms with Crippen molar-refractivity contribution >= 4 is 0 Å². The summed E-state index contributed by atoms with van der Waals surface area (Å²) in [6.07, 6.45) is 11.4. The molecule has 0 N–H and O–H groups in total. The van der Waals surface area contributed by atoms with Crippen molar-refractivity contribution in [2.75, 3.05) is 6.61 Å². The molecule has 0 radical (unpaired) electrons. The van der Waals surface area contributed by atoms with Gasteiger partial charge in [-0.3, -0.25) is 0 Å². The van der Waals surface area contributed by atoms with E-state index in [4.69, 9.17) is 4.74 Å². The molecule has 0 saturated carbocycles. The van der Waals surface area contributed by atoms with Crippen LogP contribution < -0.4 is 0 Å². The van der Waals surface area contributed by atoms with Crippen molar-refractivity contribution < 1.29 is 4.74 Å². The Kier molecular flexibility index (Phi) is 2.13. The molecule has 0 aliphatic heterocycles. The van der Waals surface area contributed by atoms with E-state index >= 15 is 0 Å². The van der Waals surface area contributed by atoms with Gasteiger partial charge in [0.15, 0.2) is 0 Å². The molecule has 0 aromatic carbocycles. The lowest BCUT2D eigenvalue weighted by atomic mass is 9.99. The molecule has 0 heterocycles. The van der Waals surface area contributed by atoms with Gasteiger partial charge in [0.05, 0.1) is 0 Å². The second-order valence-electron chi connectivity index (χ2n) is 3.16. The van der Waals surface area contributed by atoms with Crippen molar-refractivity contribution in [3.63, 3.8) is 0 Å². The monoisotopic (exact) mass is 162 g/mol. The van der Waals surface area contributed by atoms with Crippen LogP contribution >= 0.6 is 0 Å². The minimum Gasteiger partial charge on any atom is -0.370 e. The summed E-state index contributed by atoms with van der Waals surface area (Å²) in [5, 5.41) is 0. The van der Waals surface area contributed by atoms with E-state index in [9.17, 15) is 0 Å². The highest BCUT2D eigenvalue weighted by Crippen LogP contribution is 2.29. The quantitative estimate of drug-likeness (QED) is 0.606. The van der Waals surface area contributed by atoms with Crippen LogP contribution in [0.2, 0.25) is 0 Å². The highest BCUT2D eigenvalue weighted by Gasteiger charge is 2.19. The van der Waals surface area contributed by atoms with Crippen LogP contribution in [0, 0.1) is 0 Å².